The van der Waals surface area contributed by atoms with Crippen LogP contribution in [0.2, 0.25) is 5.02 Å². The fourth-order valence-corrected chi connectivity index (χ4v) is 3.79. The minimum Gasteiger partial charge on any atom is -0.377 e. The van der Waals surface area contributed by atoms with Crippen LogP contribution in [-0.2, 0) is 21.3 Å². The second kappa shape index (κ2) is 12.8. The summed E-state index contributed by atoms with van der Waals surface area (Å²) in [5.41, 5.74) is 1.02. The Labute approximate surface area is 183 Å². The molecule has 1 heterocycles. The van der Waals surface area contributed by atoms with Crippen molar-refractivity contribution in [3.8, 4) is 0 Å². The van der Waals surface area contributed by atoms with Gasteiger partial charge in [-0.1, -0.05) is 23.7 Å². The summed E-state index contributed by atoms with van der Waals surface area (Å²) < 4.78 is 32.3. The van der Waals surface area contributed by atoms with Crippen molar-refractivity contribution in [2.75, 3.05) is 32.5 Å². The fourth-order valence-electron chi connectivity index (χ4n) is 2.62. The Bertz CT molecular complexity index is 697. The fraction of sp³-hybridized carbons (Fsp3) is 0.588. The monoisotopic (exact) mass is 530 g/mol. The van der Waals surface area contributed by atoms with E-state index in [0.29, 0.717) is 30.7 Å². The lowest BCUT2D eigenvalue weighted by Crippen LogP contribution is -2.42. The van der Waals surface area contributed by atoms with Gasteiger partial charge in [-0.05, 0) is 37.0 Å². The summed E-state index contributed by atoms with van der Waals surface area (Å²) in [6.45, 7) is 1.85. The molecule has 154 valence electrons. The van der Waals surface area contributed by atoms with E-state index in [2.05, 4.69) is 20.3 Å². The molecular weight excluding hydrogens is 503 g/mol. The second-order valence-electron chi connectivity index (χ2n) is 6.14. The molecule has 1 aliphatic heterocycles. The molecule has 1 aliphatic rings. The summed E-state index contributed by atoms with van der Waals surface area (Å²) in [6.07, 6.45) is 3.02. The topological polar surface area (TPSA) is 91.8 Å². The lowest BCUT2D eigenvalue weighted by atomic mass is 10.1. The van der Waals surface area contributed by atoms with Crippen LogP contribution in [0.1, 0.15) is 24.8 Å². The summed E-state index contributed by atoms with van der Waals surface area (Å²) in [7, 11) is -1.71. The van der Waals surface area contributed by atoms with Crippen LogP contribution in [-0.4, -0.2) is 53.0 Å². The third kappa shape index (κ3) is 9.93. The van der Waals surface area contributed by atoms with Crippen molar-refractivity contribution < 1.29 is 13.2 Å². The molecule has 0 aromatic heterocycles. The lowest BCUT2D eigenvalue weighted by Gasteiger charge is -2.22. The van der Waals surface area contributed by atoms with Crippen molar-refractivity contribution in [1.82, 2.24) is 15.4 Å². The van der Waals surface area contributed by atoms with Crippen molar-refractivity contribution in [1.29, 1.82) is 0 Å². The minimum atomic E-state index is -3.35. The highest BCUT2D eigenvalue weighted by molar-refractivity contribution is 14.0. The maximum atomic E-state index is 12.1. The third-order valence-corrected chi connectivity index (χ3v) is 5.62. The highest BCUT2D eigenvalue weighted by Gasteiger charge is 2.17. The van der Waals surface area contributed by atoms with Crippen molar-refractivity contribution in [2.24, 2.45) is 4.99 Å². The van der Waals surface area contributed by atoms with Gasteiger partial charge < -0.3 is 15.4 Å². The second-order valence-corrected chi connectivity index (χ2v) is 8.50. The maximum Gasteiger partial charge on any atom is 0.213 e. The summed E-state index contributed by atoms with van der Waals surface area (Å²) >= 11 is 5.96. The summed E-state index contributed by atoms with van der Waals surface area (Å²) in [6, 6.07) is 7.51. The Morgan fingerprint density at radius 3 is 2.81 bits per heavy atom. The first-order valence-corrected chi connectivity index (χ1v) is 10.8. The average molecular weight is 531 g/mol. The molecule has 1 atom stereocenters. The quantitative estimate of drug-likeness (QED) is 0.272. The molecule has 27 heavy (non-hydrogen) atoms. The number of hydrogen-bond donors (Lipinski definition) is 3. The van der Waals surface area contributed by atoms with Gasteiger partial charge in [-0.25, -0.2) is 13.1 Å². The number of sulfonamides is 1. The Kier molecular flexibility index (Phi) is 11.5. The predicted molar refractivity (Wildman–Crippen MR) is 120 cm³/mol. The number of benzene rings is 1. The Morgan fingerprint density at radius 1 is 1.33 bits per heavy atom. The molecule has 0 saturated carbocycles. The first kappa shape index (κ1) is 24.4. The zero-order valence-electron chi connectivity index (χ0n) is 15.4. The van der Waals surface area contributed by atoms with Crippen LogP contribution in [0.15, 0.2) is 29.3 Å². The van der Waals surface area contributed by atoms with Crippen LogP contribution in [0.5, 0.6) is 0 Å². The average Bonchev–Trinajstić information content (AvgIpc) is 2.64. The molecule has 1 unspecified atom stereocenters. The van der Waals surface area contributed by atoms with E-state index in [4.69, 9.17) is 16.3 Å². The van der Waals surface area contributed by atoms with E-state index in [9.17, 15) is 8.42 Å². The van der Waals surface area contributed by atoms with Gasteiger partial charge >= 0.3 is 0 Å². The Hall–Kier alpha value is -0.620. The Balaban J connectivity index is 0.00000364. The number of nitrogens with zero attached hydrogens (tertiary/aromatic N) is 1. The number of rotatable bonds is 8. The van der Waals surface area contributed by atoms with Gasteiger partial charge in [0.25, 0.3) is 0 Å². The summed E-state index contributed by atoms with van der Waals surface area (Å²) in [5.74, 6) is 0.508. The summed E-state index contributed by atoms with van der Waals surface area (Å²) in [5, 5.41) is 6.80. The molecule has 0 amide bonds. The van der Waals surface area contributed by atoms with Gasteiger partial charge in [-0.15, -0.1) is 24.0 Å². The van der Waals surface area contributed by atoms with Crippen LogP contribution < -0.4 is 15.4 Å². The van der Waals surface area contributed by atoms with E-state index in [1.165, 1.54) is 0 Å². The molecule has 0 aliphatic carbocycles. The van der Waals surface area contributed by atoms with Gasteiger partial charge in [-0.2, -0.15) is 0 Å². The van der Waals surface area contributed by atoms with E-state index in [-0.39, 0.29) is 42.4 Å². The molecular formula is C17H28ClIN4O3S. The largest absolute Gasteiger partial charge is 0.377 e. The zero-order valence-corrected chi connectivity index (χ0v) is 19.3. The van der Waals surface area contributed by atoms with E-state index in [1.807, 2.05) is 24.3 Å². The van der Waals surface area contributed by atoms with E-state index in [0.717, 1.165) is 24.8 Å². The molecule has 0 bridgehead atoms. The van der Waals surface area contributed by atoms with E-state index in [1.54, 1.807) is 7.05 Å². The minimum absolute atomic E-state index is 0. The van der Waals surface area contributed by atoms with Crippen molar-refractivity contribution in [3.05, 3.63) is 34.9 Å². The van der Waals surface area contributed by atoms with Gasteiger partial charge in [0.1, 0.15) is 0 Å². The highest BCUT2D eigenvalue weighted by Crippen LogP contribution is 2.12. The van der Waals surface area contributed by atoms with Crippen LogP contribution in [0.4, 0.5) is 0 Å². The van der Waals surface area contributed by atoms with Crippen molar-refractivity contribution >= 4 is 51.6 Å². The molecule has 1 fully saturated rings. The molecule has 1 aromatic rings. The first-order valence-electron chi connectivity index (χ1n) is 8.76. The number of guanidine groups is 1. The van der Waals surface area contributed by atoms with Crippen molar-refractivity contribution in [2.45, 2.75) is 31.9 Å². The molecule has 1 aromatic carbocycles. The molecule has 0 radical (unpaired) electrons. The Morgan fingerprint density at radius 2 is 2.15 bits per heavy atom. The van der Waals surface area contributed by atoms with Crippen LogP contribution in [0, 0.1) is 0 Å². The van der Waals surface area contributed by atoms with Crippen LogP contribution in [0.3, 0.4) is 0 Å². The summed E-state index contributed by atoms with van der Waals surface area (Å²) in [4.78, 5) is 4.09. The molecule has 1 saturated heterocycles. The standard InChI is InChI=1S/C17H27ClN4O3S.HI/c1-19-17(21-12-14-5-4-6-15(18)11-14)20-8-10-26(23,24)22-13-16-7-2-3-9-25-16;/h4-6,11,16,22H,2-3,7-10,12-13H2,1H3,(H2,19,20,21);1H. The molecule has 10 heteroatoms. The molecule has 7 nitrogen and oxygen atoms in total. The molecule has 3 N–H and O–H groups in total. The van der Waals surface area contributed by atoms with E-state index >= 15 is 0 Å². The van der Waals surface area contributed by atoms with E-state index < -0.39 is 10.0 Å². The van der Waals surface area contributed by atoms with Crippen molar-refractivity contribution in [3.63, 3.8) is 0 Å². The van der Waals surface area contributed by atoms with Crippen LogP contribution in [0.25, 0.3) is 0 Å². The number of aliphatic imine (C=N–C) groups is 1. The number of halogens is 2. The van der Waals surface area contributed by atoms with Gasteiger partial charge in [0.05, 0.1) is 11.9 Å². The molecule has 0 spiro atoms. The van der Waals surface area contributed by atoms with Gasteiger partial charge in [-0.3, -0.25) is 4.99 Å². The third-order valence-electron chi connectivity index (χ3n) is 4.04. The lowest BCUT2D eigenvalue weighted by molar-refractivity contribution is 0.0200. The van der Waals surface area contributed by atoms with Gasteiger partial charge in [0, 0.05) is 38.3 Å². The number of ether oxygens (including phenoxy) is 1. The van der Waals surface area contributed by atoms with Gasteiger partial charge in [0.2, 0.25) is 10.0 Å². The van der Waals surface area contributed by atoms with Gasteiger partial charge in [0.15, 0.2) is 5.96 Å². The normalized spacial score (nSPS) is 17.9. The zero-order chi connectivity index (χ0) is 18.8. The highest BCUT2D eigenvalue weighted by atomic mass is 127. The smallest absolute Gasteiger partial charge is 0.213 e. The predicted octanol–water partition coefficient (Wildman–Crippen LogP) is 2.11. The molecule has 2 rings (SSSR count). The van der Waals surface area contributed by atoms with Crippen LogP contribution >= 0.6 is 35.6 Å². The first-order chi connectivity index (χ1) is 12.5. The number of nitrogens with one attached hydrogen (secondary N) is 3. The maximum absolute atomic E-state index is 12.1. The SMILES string of the molecule is CN=C(NCCS(=O)(=O)NCC1CCCCO1)NCc1cccc(Cl)c1.I. The number of hydrogen-bond acceptors (Lipinski definition) is 4.